The van der Waals surface area contributed by atoms with Crippen molar-refractivity contribution in [2.75, 3.05) is 5.32 Å². The van der Waals surface area contributed by atoms with Crippen LogP contribution in [0.1, 0.15) is 38.7 Å². The number of nitrogens with zero attached hydrogens (tertiary/aromatic N) is 1. The van der Waals surface area contributed by atoms with Gasteiger partial charge in [0.05, 0.1) is 0 Å². The highest BCUT2D eigenvalue weighted by atomic mass is 16.2. The van der Waals surface area contributed by atoms with Crippen molar-refractivity contribution in [3.8, 4) is 0 Å². The molecule has 0 saturated carbocycles. The summed E-state index contributed by atoms with van der Waals surface area (Å²) in [5.41, 5.74) is 4.74. The maximum absolute atomic E-state index is 11.6. The molecule has 0 fully saturated rings. The van der Waals surface area contributed by atoms with E-state index in [-0.39, 0.29) is 0 Å². The molecular formula is C15H21N3O2. The maximum atomic E-state index is 11.6. The van der Waals surface area contributed by atoms with Gasteiger partial charge in [-0.3, -0.25) is 9.59 Å². The SMILES string of the molecule is CCCC/C(C)=N\NC(=O)C(=O)Nc1ccc(C)cc1. The van der Waals surface area contributed by atoms with Crippen LogP contribution in [0.5, 0.6) is 0 Å². The Morgan fingerprint density at radius 2 is 1.80 bits per heavy atom. The van der Waals surface area contributed by atoms with Gasteiger partial charge in [-0.2, -0.15) is 5.10 Å². The van der Waals surface area contributed by atoms with Crippen molar-refractivity contribution in [3.63, 3.8) is 0 Å². The molecule has 2 N–H and O–H groups in total. The number of unbranched alkanes of at least 4 members (excludes halogenated alkanes) is 1. The van der Waals surface area contributed by atoms with Crippen LogP contribution in [0.2, 0.25) is 0 Å². The molecule has 20 heavy (non-hydrogen) atoms. The summed E-state index contributed by atoms with van der Waals surface area (Å²) in [6, 6.07) is 7.22. The van der Waals surface area contributed by atoms with Crippen LogP contribution in [0.3, 0.4) is 0 Å². The van der Waals surface area contributed by atoms with Crippen LogP contribution in [0.25, 0.3) is 0 Å². The molecule has 1 aromatic rings. The predicted molar refractivity (Wildman–Crippen MR) is 80.6 cm³/mol. The first-order chi connectivity index (χ1) is 9.52. The molecule has 5 nitrogen and oxygen atoms in total. The van der Waals surface area contributed by atoms with Crippen molar-refractivity contribution in [1.82, 2.24) is 5.43 Å². The van der Waals surface area contributed by atoms with Crippen LogP contribution >= 0.6 is 0 Å². The molecular weight excluding hydrogens is 254 g/mol. The lowest BCUT2D eigenvalue weighted by Gasteiger charge is -2.05. The van der Waals surface area contributed by atoms with Gasteiger partial charge in [-0.25, -0.2) is 5.43 Å². The molecule has 108 valence electrons. The largest absolute Gasteiger partial charge is 0.329 e. The minimum Gasteiger partial charge on any atom is -0.318 e. The van der Waals surface area contributed by atoms with E-state index in [4.69, 9.17) is 0 Å². The van der Waals surface area contributed by atoms with E-state index in [0.29, 0.717) is 5.69 Å². The Hall–Kier alpha value is -2.17. The number of hydrogen-bond donors (Lipinski definition) is 2. The van der Waals surface area contributed by atoms with E-state index in [9.17, 15) is 9.59 Å². The minimum atomic E-state index is -0.763. The molecule has 0 saturated heterocycles. The number of carbonyl (C=O) groups is 2. The number of anilines is 1. The molecule has 1 aromatic carbocycles. The lowest BCUT2D eigenvalue weighted by atomic mass is 10.2. The van der Waals surface area contributed by atoms with Crippen LogP contribution in [0, 0.1) is 6.92 Å². The van der Waals surface area contributed by atoms with Crippen molar-refractivity contribution in [2.24, 2.45) is 5.10 Å². The zero-order chi connectivity index (χ0) is 15.0. The van der Waals surface area contributed by atoms with E-state index in [0.717, 1.165) is 30.5 Å². The Morgan fingerprint density at radius 3 is 2.40 bits per heavy atom. The third-order valence-electron chi connectivity index (χ3n) is 2.76. The molecule has 0 aliphatic carbocycles. The van der Waals surface area contributed by atoms with Crippen LogP contribution < -0.4 is 10.7 Å². The van der Waals surface area contributed by atoms with Crippen LogP contribution in [0.15, 0.2) is 29.4 Å². The molecule has 0 bridgehead atoms. The quantitative estimate of drug-likeness (QED) is 0.492. The Bertz CT molecular complexity index is 492. The highest BCUT2D eigenvalue weighted by molar-refractivity contribution is 6.39. The van der Waals surface area contributed by atoms with Gasteiger partial charge >= 0.3 is 11.8 Å². The summed E-state index contributed by atoms with van der Waals surface area (Å²) in [5.74, 6) is -1.48. The standard InChI is InChI=1S/C15H21N3O2/c1-4-5-6-12(3)17-18-15(20)14(19)16-13-9-7-11(2)8-10-13/h7-10H,4-6H2,1-3H3,(H,16,19)(H,18,20)/b17-12-. The lowest BCUT2D eigenvalue weighted by molar-refractivity contribution is -0.136. The molecule has 0 unspecified atom stereocenters. The summed E-state index contributed by atoms with van der Waals surface area (Å²) in [6.07, 6.45) is 2.89. The van der Waals surface area contributed by atoms with Gasteiger partial charge in [0.1, 0.15) is 0 Å². The molecule has 0 heterocycles. The van der Waals surface area contributed by atoms with E-state index in [1.807, 2.05) is 26.0 Å². The van der Waals surface area contributed by atoms with E-state index >= 15 is 0 Å². The van der Waals surface area contributed by atoms with Gasteiger partial charge < -0.3 is 5.32 Å². The van der Waals surface area contributed by atoms with Crippen molar-refractivity contribution < 1.29 is 9.59 Å². The molecule has 0 radical (unpaired) electrons. The number of hydrazone groups is 1. The van der Waals surface area contributed by atoms with Crippen molar-refractivity contribution >= 4 is 23.2 Å². The fourth-order valence-electron chi connectivity index (χ4n) is 1.51. The summed E-state index contributed by atoms with van der Waals surface area (Å²) in [6.45, 7) is 5.86. The van der Waals surface area contributed by atoms with Gasteiger partial charge in [-0.1, -0.05) is 31.0 Å². The average molecular weight is 275 g/mol. The van der Waals surface area contributed by atoms with Gasteiger partial charge in [0.25, 0.3) is 0 Å². The topological polar surface area (TPSA) is 70.6 Å². The second kappa shape index (κ2) is 8.09. The van der Waals surface area contributed by atoms with Crippen LogP contribution in [0.4, 0.5) is 5.69 Å². The molecule has 2 amide bonds. The van der Waals surface area contributed by atoms with Crippen LogP contribution in [-0.4, -0.2) is 17.5 Å². The molecule has 1 rings (SSSR count). The fourth-order valence-corrected chi connectivity index (χ4v) is 1.51. The van der Waals surface area contributed by atoms with E-state index in [1.54, 1.807) is 12.1 Å². The molecule has 0 aromatic heterocycles. The summed E-state index contributed by atoms with van der Waals surface area (Å²) in [5, 5.41) is 6.41. The maximum Gasteiger partial charge on any atom is 0.329 e. The Kier molecular flexibility index (Phi) is 6.43. The summed E-state index contributed by atoms with van der Waals surface area (Å²) < 4.78 is 0. The Balaban J connectivity index is 2.47. The number of hydrogen-bond acceptors (Lipinski definition) is 3. The Morgan fingerprint density at radius 1 is 1.15 bits per heavy atom. The van der Waals surface area contributed by atoms with Crippen molar-refractivity contribution in [3.05, 3.63) is 29.8 Å². The summed E-state index contributed by atoms with van der Waals surface area (Å²) in [7, 11) is 0. The molecule has 0 aliphatic heterocycles. The van der Waals surface area contributed by atoms with E-state index in [1.165, 1.54) is 0 Å². The number of aryl methyl sites for hydroxylation is 1. The van der Waals surface area contributed by atoms with Gasteiger partial charge in [0.2, 0.25) is 0 Å². The van der Waals surface area contributed by atoms with Gasteiger partial charge in [0.15, 0.2) is 0 Å². The minimum absolute atomic E-state index is 0.586. The normalized spacial score (nSPS) is 11.1. The van der Waals surface area contributed by atoms with E-state index in [2.05, 4.69) is 22.8 Å². The van der Waals surface area contributed by atoms with Gasteiger partial charge in [-0.15, -0.1) is 0 Å². The smallest absolute Gasteiger partial charge is 0.318 e. The van der Waals surface area contributed by atoms with Crippen LogP contribution in [-0.2, 0) is 9.59 Å². The highest BCUT2D eigenvalue weighted by Crippen LogP contribution is 2.08. The summed E-state index contributed by atoms with van der Waals surface area (Å²) in [4.78, 5) is 23.2. The number of nitrogens with one attached hydrogen (secondary N) is 2. The van der Waals surface area contributed by atoms with Gasteiger partial charge in [-0.05, 0) is 38.8 Å². The molecule has 0 spiro atoms. The molecule has 0 atom stereocenters. The van der Waals surface area contributed by atoms with Gasteiger partial charge in [0, 0.05) is 11.4 Å². The predicted octanol–water partition coefficient (Wildman–Crippen LogP) is 2.62. The zero-order valence-corrected chi connectivity index (χ0v) is 12.2. The highest BCUT2D eigenvalue weighted by Gasteiger charge is 2.12. The number of rotatable bonds is 5. The number of amides is 2. The monoisotopic (exact) mass is 275 g/mol. The first kappa shape index (κ1) is 15.9. The number of carbonyl (C=O) groups excluding carboxylic acids is 2. The molecule has 5 heteroatoms. The first-order valence-corrected chi connectivity index (χ1v) is 6.74. The van der Waals surface area contributed by atoms with Crippen molar-refractivity contribution in [2.45, 2.75) is 40.0 Å². The Labute approximate surface area is 119 Å². The first-order valence-electron chi connectivity index (χ1n) is 6.74. The number of benzene rings is 1. The zero-order valence-electron chi connectivity index (χ0n) is 12.2. The molecule has 0 aliphatic rings. The fraction of sp³-hybridized carbons (Fsp3) is 0.400. The lowest BCUT2D eigenvalue weighted by Crippen LogP contribution is -2.32. The average Bonchev–Trinajstić information content (AvgIpc) is 2.44. The third kappa shape index (κ3) is 5.65. The second-order valence-corrected chi connectivity index (χ2v) is 4.71. The third-order valence-corrected chi connectivity index (χ3v) is 2.76. The second-order valence-electron chi connectivity index (χ2n) is 4.71. The summed E-state index contributed by atoms with van der Waals surface area (Å²) >= 11 is 0. The van der Waals surface area contributed by atoms with E-state index < -0.39 is 11.8 Å². The van der Waals surface area contributed by atoms with Crippen molar-refractivity contribution in [1.29, 1.82) is 0 Å².